The number of benzene rings is 1. The number of ether oxygens (including phenoxy) is 1. The lowest BCUT2D eigenvalue weighted by Gasteiger charge is -2.32. The summed E-state index contributed by atoms with van der Waals surface area (Å²) in [7, 11) is 3.95. The van der Waals surface area contributed by atoms with Crippen molar-refractivity contribution in [2.45, 2.75) is 36.7 Å². The maximum absolute atomic E-state index is 12.4. The lowest BCUT2D eigenvalue weighted by Crippen LogP contribution is -2.46. The molecule has 26 heavy (non-hydrogen) atoms. The van der Waals surface area contributed by atoms with Crippen LogP contribution in [0.1, 0.15) is 26.2 Å². The first-order chi connectivity index (χ1) is 12.3. The van der Waals surface area contributed by atoms with E-state index < -0.39 is 5.60 Å². The number of nitrogens with zero attached hydrogens (tertiary/aromatic N) is 1. The van der Waals surface area contributed by atoms with Gasteiger partial charge >= 0.3 is 0 Å². The first kappa shape index (κ1) is 21.6. The molecule has 1 heterocycles. The maximum atomic E-state index is 12.4. The summed E-state index contributed by atoms with van der Waals surface area (Å²) in [6, 6.07) is 3.40. The second-order valence-electron chi connectivity index (χ2n) is 6.59. The normalized spacial score (nSPS) is 20.2. The predicted octanol–water partition coefficient (Wildman–Crippen LogP) is 3.52. The topological polar surface area (TPSA) is 62.8 Å². The Bertz CT molecular complexity index is 602. The van der Waals surface area contributed by atoms with Crippen molar-refractivity contribution in [3.05, 3.63) is 22.2 Å². The van der Waals surface area contributed by atoms with Crippen molar-refractivity contribution < 1.29 is 14.4 Å². The van der Waals surface area contributed by atoms with Gasteiger partial charge in [0.1, 0.15) is 5.60 Å². The van der Waals surface area contributed by atoms with E-state index in [0.29, 0.717) is 40.3 Å². The van der Waals surface area contributed by atoms with Crippen LogP contribution < -0.4 is 15.0 Å². The molecular formula is C17H25Cl2N3O3S. The van der Waals surface area contributed by atoms with Crippen molar-refractivity contribution >= 4 is 41.1 Å². The van der Waals surface area contributed by atoms with Crippen LogP contribution in [0, 0.1) is 0 Å². The highest BCUT2D eigenvalue weighted by molar-refractivity contribution is 7.98. The zero-order chi connectivity index (χ0) is 19.2. The third kappa shape index (κ3) is 6.18. The highest BCUT2D eigenvalue weighted by Gasteiger charge is 2.36. The molecule has 1 aliphatic rings. The summed E-state index contributed by atoms with van der Waals surface area (Å²) in [6.45, 7) is 3.87. The molecule has 0 saturated carbocycles. The number of amides is 1. The molecular weight excluding hydrogens is 397 g/mol. The van der Waals surface area contributed by atoms with Gasteiger partial charge in [-0.25, -0.2) is 0 Å². The minimum Gasteiger partial charge on any atom is -0.406 e. The molecule has 0 radical (unpaired) electrons. The van der Waals surface area contributed by atoms with Crippen LogP contribution in [-0.4, -0.2) is 50.2 Å². The van der Waals surface area contributed by atoms with E-state index in [1.807, 2.05) is 25.9 Å². The lowest BCUT2D eigenvalue weighted by molar-refractivity contribution is -0.148. The Morgan fingerprint density at radius 1 is 1.35 bits per heavy atom. The van der Waals surface area contributed by atoms with Crippen molar-refractivity contribution in [3.63, 3.8) is 0 Å². The van der Waals surface area contributed by atoms with E-state index in [1.54, 1.807) is 12.1 Å². The second kappa shape index (κ2) is 10.0. The van der Waals surface area contributed by atoms with Crippen LogP contribution in [0.5, 0.6) is 5.75 Å². The van der Waals surface area contributed by atoms with Crippen molar-refractivity contribution in [1.82, 2.24) is 15.1 Å². The molecule has 1 aromatic carbocycles. The zero-order valence-electron chi connectivity index (χ0n) is 15.2. The van der Waals surface area contributed by atoms with E-state index in [0.717, 1.165) is 31.3 Å². The van der Waals surface area contributed by atoms with Gasteiger partial charge in [0.2, 0.25) is 0 Å². The first-order valence-corrected chi connectivity index (χ1v) is 10.0. The number of nitrogens with one attached hydrogen (secondary N) is 2. The molecule has 1 atom stereocenters. The van der Waals surface area contributed by atoms with Gasteiger partial charge in [0.05, 0.1) is 10.0 Å². The van der Waals surface area contributed by atoms with Gasteiger partial charge in [-0.3, -0.25) is 9.52 Å². The molecule has 146 valence electrons. The molecule has 9 heteroatoms. The quantitative estimate of drug-likeness (QED) is 0.380. The Morgan fingerprint density at radius 3 is 2.62 bits per heavy atom. The molecule has 0 aliphatic carbocycles. The summed E-state index contributed by atoms with van der Waals surface area (Å²) in [5, 5.41) is 0.735. The Kier molecular flexibility index (Phi) is 8.32. The van der Waals surface area contributed by atoms with Crippen LogP contribution >= 0.6 is 35.1 Å². The molecule has 6 nitrogen and oxygen atoms in total. The zero-order valence-corrected chi connectivity index (χ0v) is 17.6. The van der Waals surface area contributed by atoms with Gasteiger partial charge in [-0.2, -0.15) is 5.48 Å². The summed E-state index contributed by atoms with van der Waals surface area (Å²) in [5.41, 5.74) is 2.05. The Morgan fingerprint density at radius 2 is 2.04 bits per heavy atom. The van der Waals surface area contributed by atoms with Crippen molar-refractivity contribution in [3.8, 4) is 5.75 Å². The first-order valence-electron chi connectivity index (χ1n) is 8.46. The van der Waals surface area contributed by atoms with Gasteiger partial charge in [0, 0.05) is 24.6 Å². The minimum absolute atomic E-state index is 0.153. The Hall–Kier alpha value is -0.700. The van der Waals surface area contributed by atoms with E-state index in [9.17, 15) is 4.79 Å². The van der Waals surface area contributed by atoms with Gasteiger partial charge in [0.15, 0.2) is 5.75 Å². The van der Waals surface area contributed by atoms with Crippen LogP contribution in [0.4, 0.5) is 0 Å². The average molecular weight is 422 g/mol. The van der Waals surface area contributed by atoms with Crippen LogP contribution in [-0.2, 0) is 9.53 Å². The average Bonchev–Trinajstić information content (AvgIpc) is 2.58. The molecule has 2 N–H and O–H groups in total. The molecule has 1 aliphatic heterocycles. The Labute approximate surface area is 169 Å². The molecule has 0 spiro atoms. The standard InChI is InChI=1S/C17H25Cl2N3O3S/c1-17(6-4-5-9-24-17)16(23)21-26-12-10-13(18)15(14(19)11-12)25-20-7-8-22(2)3/h10-11,20H,4-9H2,1-3H3,(H,21,23). The fraction of sp³-hybridized carbons (Fsp3) is 0.588. The van der Waals surface area contributed by atoms with Gasteiger partial charge in [-0.05, 0) is 64.4 Å². The fourth-order valence-corrected chi connectivity index (χ4v) is 3.89. The monoisotopic (exact) mass is 421 g/mol. The maximum Gasteiger partial charge on any atom is 0.262 e. The summed E-state index contributed by atoms with van der Waals surface area (Å²) in [5.74, 6) is 0.213. The minimum atomic E-state index is -0.780. The number of carbonyl (C=O) groups is 1. The third-order valence-corrected chi connectivity index (χ3v) is 5.34. The summed E-state index contributed by atoms with van der Waals surface area (Å²) >= 11 is 13.7. The predicted molar refractivity (Wildman–Crippen MR) is 106 cm³/mol. The van der Waals surface area contributed by atoms with E-state index in [-0.39, 0.29) is 5.91 Å². The number of carbonyl (C=O) groups excluding carboxylic acids is 1. The van der Waals surface area contributed by atoms with Crippen molar-refractivity contribution in [1.29, 1.82) is 0 Å². The summed E-state index contributed by atoms with van der Waals surface area (Å²) in [4.78, 5) is 20.6. The number of likely N-dealkylation sites (N-methyl/N-ethyl adjacent to an activating group) is 1. The molecule has 0 aromatic heterocycles. The fourth-order valence-electron chi connectivity index (χ4n) is 2.41. The second-order valence-corrected chi connectivity index (χ2v) is 8.28. The molecule has 0 bridgehead atoms. The van der Waals surface area contributed by atoms with E-state index >= 15 is 0 Å². The number of hydrogen-bond acceptors (Lipinski definition) is 6. The molecule has 1 unspecified atom stereocenters. The highest BCUT2D eigenvalue weighted by Crippen LogP contribution is 2.36. The van der Waals surface area contributed by atoms with Gasteiger partial charge in [-0.1, -0.05) is 23.2 Å². The molecule has 2 rings (SSSR count). The van der Waals surface area contributed by atoms with Crippen molar-refractivity contribution in [2.75, 3.05) is 33.8 Å². The van der Waals surface area contributed by atoms with Gasteiger partial charge < -0.3 is 14.5 Å². The number of hydroxylamine groups is 1. The van der Waals surface area contributed by atoms with Crippen molar-refractivity contribution in [2.24, 2.45) is 0 Å². The highest BCUT2D eigenvalue weighted by atomic mass is 35.5. The van der Waals surface area contributed by atoms with Crippen LogP contribution in [0.15, 0.2) is 17.0 Å². The smallest absolute Gasteiger partial charge is 0.262 e. The molecule has 1 amide bonds. The number of halogens is 2. The SMILES string of the molecule is CN(C)CCNOc1c(Cl)cc(SNC(=O)C2(C)CCCCO2)cc1Cl. The van der Waals surface area contributed by atoms with Crippen LogP contribution in [0.3, 0.4) is 0 Å². The van der Waals surface area contributed by atoms with E-state index in [2.05, 4.69) is 10.2 Å². The third-order valence-electron chi connectivity index (χ3n) is 4.02. The van der Waals surface area contributed by atoms with Gasteiger partial charge in [0.25, 0.3) is 5.91 Å². The van der Waals surface area contributed by atoms with E-state index in [4.69, 9.17) is 32.8 Å². The number of rotatable bonds is 8. The van der Waals surface area contributed by atoms with Gasteiger partial charge in [-0.15, -0.1) is 0 Å². The summed E-state index contributed by atoms with van der Waals surface area (Å²) < 4.78 is 8.47. The Balaban J connectivity index is 1.91. The molecule has 1 fully saturated rings. The largest absolute Gasteiger partial charge is 0.406 e. The van der Waals surface area contributed by atoms with E-state index in [1.165, 1.54) is 0 Å². The lowest BCUT2D eigenvalue weighted by atomic mass is 9.95. The molecule has 1 aromatic rings. The summed E-state index contributed by atoms with van der Waals surface area (Å²) in [6.07, 6.45) is 2.69. The van der Waals surface area contributed by atoms with Crippen LogP contribution in [0.25, 0.3) is 0 Å². The van der Waals surface area contributed by atoms with Crippen LogP contribution in [0.2, 0.25) is 10.0 Å². The molecule has 1 saturated heterocycles. The number of hydrogen-bond donors (Lipinski definition) is 2.